The van der Waals surface area contributed by atoms with Crippen molar-refractivity contribution in [3.05, 3.63) is 51.8 Å². The van der Waals surface area contributed by atoms with Crippen molar-refractivity contribution in [2.75, 3.05) is 12.4 Å². The van der Waals surface area contributed by atoms with Crippen molar-refractivity contribution >= 4 is 35.2 Å². The van der Waals surface area contributed by atoms with Crippen molar-refractivity contribution in [1.29, 1.82) is 0 Å². The average molecular weight is 390 g/mol. The molecule has 0 aliphatic heterocycles. The largest absolute Gasteiger partial charge is 0.465 e. The van der Waals surface area contributed by atoms with E-state index in [0.717, 1.165) is 30.6 Å². The van der Waals surface area contributed by atoms with E-state index in [-0.39, 0.29) is 5.91 Å². The highest BCUT2D eigenvalue weighted by atomic mass is 35.5. The molecule has 27 heavy (non-hydrogen) atoms. The molecule has 2 rings (SSSR count). The molecule has 0 bridgehead atoms. The molecule has 0 radical (unpaired) electrons. The first kappa shape index (κ1) is 20.7. The summed E-state index contributed by atoms with van der Waals surface area (Å²) in [6, 6.07) is 5.08. The molecule has 0 unspecified atom stereocenters. The first-order valence-corrected chi connectivity index (χ1v) is 9.16. The van der Waals surface area contributed by atoms with E-state index in [1.54, 1.807) is 35.9 Å². The molecular formula is C20H24ClN3O3. The summed E-state index contributed by atoms with van der Waals surface area (Å²) in [4.78, 5) is 24.1. The summed E-state index contributed by atoms with van der Waals surface area (Å²) in [5.41, 5.74) is 3.10. The molecule has 0 saturated carbocycles. The Bertz CT molecular complexity index is 872. The summed E-state index contributed by atoms with van der Waals surface area (Å²) < 4.78 is 6.50. The number of rotatable bonds is 7. The highest BCUT2D eigenvalue weighted by Crippen LogP contribution is 2.23. The van der Waals surface area contributed by atoms with E-state index in [1.165, 1.54) is 13.2 Å². The molecule has 2 aromatic rings. The van der Waals surface area contributed by atoms with Crippen LogP contribution in [-0.4, -0.2) is 28.8 Å². The fourth-order valence-electron chi connectivity index (χ4n) is 2.65. The lowest BCUT2D eigenvalue weighted by molar-refractivity contribution is -0.111. The predicted octanol–water partition coefficient (Wildman–Crippen LogP) is 4.39. The first-order chi connectivity index (χ1) is 12.9. The molecule has 1 aromatic carbocycles. The number of carbonyl (C=O) groups excluding carboxylic acids is 2. The van der Waals surface area contributed by atoms with Crippen LogP contribution in [-0.2, 0) is 16.1 Å². The Hall–Kier alpha value is -2.60. The van der Waals surface area contributed by atoms with Crippen LogP contribution in [0, 0.1) is 13.8 Å². The molecule has 6 nitrogen and oxygen atoms in total. The minimum Gasteiger partial charge on any atom is -0.465 e. The smallest absolute Gasteiger partial charge is 0.338 e. The minimum absolute atomic E-state index is 0.322. The number of benzene rings is 1. The van der Waals surface area contributed by atoms with Crippen molar-refractivity contribution in [3.63, 3.8) is 0 Å². The van der Waals surface area contributed by atoms with Gasteiger partial charge in [-0.1, -0.05) is 31.0 Å². The zero-order valence-corrected chi connectivity index (χ0v) is 16.8. The van der Waals surface area contributed by atoms with Crippen LogP contribution in [0.5, 0.6) is 0 Å². The van der Waals surface area contributed by atoms with Crippen molar-refractivity contribution in [1.82, 2.24) is 9.78 Å². The van der Waals surface area contributed by atoms with Gasteiger partial charge in [-0.05, 0) is 44.0 Å². The van der Waals surface area contributed by atoms with Crippen molar-refractivity contribution in [3.8, 4) is 0 Å². The maximum Gasteiger partial charge on any atom is 0.338 e. The number of carbonyl (C=O) groups is 2. The van der Waals surface area contributed by atoms with Crippen LogP contribution in [0.25, 0.3) is 6.08 Å². The molecule has 0 atom stereocenters. The summed E-state index contributed by atoms with van der Waals surface area (Å²) in [7, 11) is 1.32. The zero-order chi connectivity index (χ0) is 20.0. The van der Waals surface area contributed by atoms with Gasteiger partial charge in [-0.2, -0.15) is 5.10 Å². The molecule has 1 aromatic heterocycles. The van der Waals surface area contributed by atoms with E-state index >= 15 is 0 Å². The number of ether oxygens (including phenoxy) is 1. The predicted molar refractivity (Wildman–Crippen MR) is 107 cm³/mol. The SMILES string of the molecule is CCCCn1nc(C)c(/C=C/C(=O)Nc2cccc(C(=O)OC)c2C)c1Cl. The number of nitrogens with one attached hydrogen (secondary N) is 1. The van der Waals surface area contributed by atoms with Crippen LogP contribution >= 0.6 is 11.6 Å². The summed E-state index contributed by atoms with van der Waals surface area (Å²) >= 11 is 6.37. The number of esters is 1. The minimum atomic E-state index is -0.443. The summed E-state index contributed by atoms with van der Waals surface area (Å²) in [5, 5.41) is 7.71. The summed E-state index contributed by atoms with van der Waals surface area (Å²) in [6.07, 6.45) is 5.10. The summed E-state index contributed by atoms with van der Waals surface area (Å²) in [5.74, 6) is -0.766. The van der Waals surface area contributed by atoms with E-state index in [1.807, 2.05) is 6.92 Å². The van der Waals surface area contributed by atoms with Gasteiger partial charge in [0, 0.05) is 23.9 Å². The Kier molecular flexibility index (Phi) is 7.19. The van der Waals surface area contributed by atoms with Gasteiger partial charge in [0.2, 0.25) is 5.91 Å². The standard InChI is InChI=1S/C20H24ClN3O3/c1-5-6-12-24-19(21)16(14(3)23-24)10-11-18(25)22-17-9-7-8-15(13(17)2)20(26)27-4/h7-11H,5-6,12H2,1-4H3,(H,22,25)/b11-10+. The molecule has 0 spiro atoms. The third kappa shape index (κ3) is 4.98. The number of aryl methyl sites for hydroxylation is 2. The third-order valence-corrected chi connectivity index (χ3v) is 4.63. The molecule has 144 valence electrons. The van der Waals surface area contributed by atoms with Crippen LogP contribution in [0.3, 0.4) is 0 Å². The Morgan fingerprint density at radius 1 is 1.33 bits per heavy atom. The van der Waals surface area contributed by atoms with Crippen molar-refractivity contribution < 1.29 is 14.3 Å². The van der Waals surface area contributed by atoms with Gasteiger partial charge in [-0.15, -0.1) is 0 Å². The second kappa shape index (κ2) is 9.37. The lowest BCUT2D eigenvalue weighted by Gasteiger charge is -2.10. The number of methoxy groups -OCH3 is 1. The molecule has 0 saturated heterocycles. The molecule has 0 aliphatic carbocycles. The first-order valence-electron chi connectivity index (χ1n) is 8.78. The number of nitrogens with zero attached hydrogens (tertiary/aromatic N) is 2. The topological polar surface area (TPSA) is 73.2 Å². The molecule has 1 heterocycles. The lowest BCUT2D eigenvalue weighted by Crippen LogP contribution is -2.11. The monoisotopic (exact) mass is 389 g/mol. The highest BCUT2D eigenvalue weighted by molar-refractivity contribution is 6.31. The Labute approximate surface area is 164 Å². The molecule has 7 heteroatoms. The number of halogens is 1. The van der Waals surface area contributed by atoms with Gasteiger partial charge in [0.25, 0.3) is 0 Å². The number of aromatic nitrogens is 2. The number of unbranched alkanes of at least 4 members (excludes halogenated alkanes) is 1. The Morgan fingerprint density at radius 2 is 2.07 bits per heavy atom. The van der Waals surface area contributed by atoms with E-state index in [0.29, 0.717) is 22.0 Å². The maximum atomic E-state index is 12.3. The highest BCUT2D eigenvalue weighted by Gasteiger charge is 2.14. The van der Waals surface area contributed by atoms with Crippen LogP contribution in [0.15, 0.2) is 24.3 Å². The number of amides is 1. The number of hydrogen-bond acceptors (Lipinski definition) is 4. The Balaban J connectivity index is 2.15. The van der Waals surface area contributed by atoms with E-state index in [2.05, 4.69) is 17.3 Å². The number of hydrogen-bond donors (Lipinski definition) is 1. The molecular weight excluding hydrogens is 366 g/mol. The van der Waals surface area contributed by atoms with Crippen LogP contribution < -0.4 is 5.32 Å². The van der Waals surface area contributed by atoms with Gasteiger partial charge in [-0.25, -0.2) is 4.79 Å². The van der Waals surface area contributed by atoms with Gasteiger partial charge in [0.1, 0.15) is 5.15 Å². The Morgan fingerprint density at radius 3 is 2.74 bits per heavy atom. The third-order valence-electron chi connectivity index (χ3n) is 4.23. The zero-order valence-electron chi connectivity index (χ0n) is 16.0. The van der Waals surface area contributed by atoms with E-state index < -0.39 is 5.97 Å². The van der Waals surface area contributed by atoms with Gasteiger partial charge in [-0.3, -0.25) is 9.48 Å². The number of anilines is 1. The van der Waals surface area contributed by atoms with E-state index in [4.69, 9.17) is 16.3 Å². The molecule has 0 aliphatic rings. The maximum absolute atomic E-state index is 12.3. The van der Waals surface area contributed by atoms with Crippen LogP contribution in [0.1, 0.15) is 46.9 Å². The molecule has 0 fully saturated rings. The lowest BCUT2D eigenvalue weighted by atomic mass is 10.1. The second-order valence-electron chi connectivity index (χ2n) is 6.16. The average Bonchev–Trinajstić information content (AvgIpc) is 2.92. The second-order valence-corrected chi connectivity index (χ2v) is 6.52. The molecule has 1 N–H and O–H groups in total. The van der Waals surface area contributed by atoms with Gasteiger partial charge < -0.3 is 10.1 Å². The molecule has 1 amide bonds. The van der Waals surface area contributed by atoms with Crippen LogP contribution in [0.2, 0.25) is 5.15 Å². The summed E-state index contributed by atoms with van der Waals surface area (Å²) in [6.45, 7) is 6.46. The quantitative estimate of drug-likeness (QED) is 0.563. The van der Waals surface area contributed by atoms with Crippen LogP contribution in [0.4, 0.5) is 5.69 Å². The van der Waals surface area contributed by atoms with Crippen molar-refractivity contribution in [2.24, 2.45) is 0 Å². The van der Waals surface area contributed by atoms with Gasteiger partial charge in [0.05, 0.1) is 18.4 Å². The van der Waals surface area contributed by atoms with Gasteiger partial charge >= 0.3 is 5.97 Å². The van der Waals surface area contributed by atoms with Gasteiger partial charge in [0.15, 0.2) is 0 Å². The van der Waals surface area contributed by atoms with Crippen molar-refractivity contribution in [2.45, 2.75) is 40.2 Å². The fraction of sp³-hybridized carbons (Fsp3) is 0.350. The normalized spacial score (nSPS) is 11.0. The fourth-order valence-corrected chi connectivity index (χ4v) is 2.97. The van der Waals surface area contributed by atoms with E-state index in [9.17, 15) is 9.59 Å².